The third-order valence-corrected chi connectivity index (χ3v) is 6.54. The molecular weight excluding hydrogens is 472 g/mol. The van der Waals surface area contributed by atoms with Crippen LogP contribution in [0.2, 0.25) is 0 Å². The number of ketones is 1. The minimum atomic E-state index is -0.457. The van der Waals surface area contributed by atoms with E-state index in [9.17, 15) is 9.59 Å². The minimum Gasteiger partial charge on any atom is -0.494 e. The first-order valence-electron chi connectivity index (χ1n) is 11.7. The normalized spacial score (nSPS) is 11.6. The molecule has 1 amide bonds. The fourth-order valence-corrected chi connectivity index (χ4v) is 4.54. The average molecular weight is 501 g/mol. The third-order valence-electron chi connectivity index (χ3n) is 5.50. The second-order valence-electron chi connectivity index (χ2n) is 8.21. The summed E-state index contributed by atoms with van der Waals surface area (Å²) < 4.78 is 7.57. The van der Waals surface area contributed by atoms with Crippen LogP contribution in [0.3, 0.4) is 0 Å². The molecule has 4 aromatic rings. The number of amides is 1. The summed E-state index contributed by atoms with van der Waals surface area (Å²) >= 11 is 1.33. The Hall–Kier alpha value is -3.91. The molecule has 0 aliphatic rings. The van der Waals surface area contributed by atoms with Crippen LogP contribution in [0, 0.1) is 0 Å². The maximum Gasteiger partial charge on any atom is 0.237 e. The van der Waals surface area contributed by atoms with Gasteiger partial charge in [-0.1, -0.05) is 54.2 Å². The Morgan fingerprint density at radius 1 is 1.00 bits per heavy atom. The zero-order valence-corrected chi connectivity index (χ0v) is 21.3. The van der Waals surface area contributed by atoms with Crippen LogP contribution in [0.5, 0.6) is 5.75 Å². The van der Waals surface area contributed by atoms with Crippen molar-refractivity contribution < 1.29 is 14.3 Å². The highest BCUT2D eigenvalue weighted by molar-refractivity contribution is 8.00. The molecule has 184 valence electrons. The van der Waals surface area contributed by atoms with Crippen molar-refractivity contribution >= 4 is 29.1 Å². The lowest BCUT2D eigenvalue weighted by Gasteiger charge is -2.15. The van der Waals surface area contributed by atoms with Crippen LogP contribution < -0.4 is 10.1 Å². The molecule has 0 aliphatic carbocycles. The molecule has 8 heteroatoms. The molecule has 0 unspecified atom stereocenters. The lowest BCUT2D eigenvalue weighted by molar-refractivity contribution is -0.115. The van der Waals surface area contributed by atoms with E-state index in [2.05, 4.69) is 27.6 Å². The summed E-state index contributed by atoms with van der Waals surface area (Å²) in [4.78, 5) is 24.6. The van der Waals surface area contributed by atoms with Crippen molar-refractivity contribution in [1.29, 1.82) is 0 Å². The van der Waals surface area contributed by atoms with Gasteiger partial charge in [-0.15, -0.1) is 10.2 Å². The van der Waals surface area contributed by atoms with Gasteiger partial charge in [-0.05, 0) is 62.7 Å². The summed E-state index contributed by atoms with van der Waals surface area (Å²) in [5, 5.41) is 12.0. The number of aromatic nitrogens is 3. The molecular formula is C28H28N4O3S. The lowest BCUT2D eigenvalue weighted by Crippen LogP contribution is -2.23. The molecule has 0 saturated heterocycles. The SMILES string of the molecule is CCOc1ccc(-n2c(Cc3ccccc3)nnc2S[C@@H](C)C(=O)Nc2cccc(C(C)=O)c2)cc1. The molecule has 1 atom stereocenters. The van der Waals surface area contributed by atoms with Crippen molar-refractivity contribution in [1.82, 2.24) is 14.8 Å². The zero-order valence-electron chi connectivity index (χ0n) is 20.5. The van der Waals surface area contributed by atoms with Crippen molar-refractivity contribution in [2.75, 3.05) is 11.9 Å². The molecule has 0 aliphatic heterocycles. The summed E-state index contributed by atoms with van der Waals surface area (Å²) in [7, 11) is 0. The van der Waals surface area contributed by atoms with Gasteiger partial charge in [0.15, 0.2) is 10.9 Å². The van der Waals surface area contributed by atoms with Crippen LogP contribution >= 0.6 is 11.8 Å². The number of Topliss-reactive ketones (excluding diaryl/α,β-unsaturated/α-hetero) is 1. The Balaban J connectivity index is 1.58. The molecule has 36 heavy (non-hydrogen) atoms. The monoisotopic (exact) mass is 500 g/mol. The highest BCUT2D eigenvalue weighted by Crippen LogP contribution is 2.28. The van der Waals surface area contributed by atoms with Gasteiger partial charge in [0, 0.05) is 23.4 Å². The molecule has 0 bridgehead atoms. The van der Waals surface area contributed by atoms with E-state index in [4.69, 9.17) is 4.74 Å². The van der Waals surface area contributed by atoms with Crippen molar-refractivity contribution in [3.05, 3.63) is 95.8 Å². The third kappa shape index (κ3) is 6.20. The van der Waals surface area contributed by atoms with Crippen LogP contribution in [-0.2, 0) is 11.2 Å². The summed E-state index contributed by atoms with van der Waals surface area (Å²) in [6.07, 6.45) is 0.597. The standard InChI is InChI=1S/C28H28N4O3S/c1-4-35-25-15-13-24(14-16-25)32-26(17-21-9-6-5-7-10-21)30-31-28(32)36-20(3)27(34)29-23-12-8-11-22(18-23)19(2)33/h5-16,18,20H,4,17H2,1-3H3,(H,29,34)/t20-/m0/s1. The van der Waals surface area contributed by atoms with Crippen LogP contribution in [-0.4, -0.2) is 38.3 Å². The van der Waals surface area contributed by atoms with E-state index in [0.29, 0.717) is 29.4 Å². The van der Waals surface area contributed by atoms with E-state index < -0.39 is 5.25 Å². The maximum absolute atomic E-state index is 13.0. The number of anilines is 1. The fourth-order valence-electron chi connectivity index (χ4n) is 3.66. The van der Waals surface area contributed by atoms with Crippen molar-refractivity contribution in [3.63, 3.8) is 0 Å². The number of carbonyl (C=O) groups is 2. The van der Waals surface area contributed by atoms with Gasteiger partial charge in [0.2, 0.25) is 5.91 Å². The molecule has 7 nitrogen and oxygen atoms in total. The van der Waals surface area contributed by atoms with Crippen LogP contribution in [0.25, 0.3) is 5.69 Å². The topological polar surface area (TPSA) is 86.1 Å². The van der Waals surface area contributed by atoms with E-state index in [1.807, 2.05) is 60.9 Å². The number of hydrogen-bond donors (Lipinski definition) is 1. The van der Waals surface area contributed by atoms with Crippen molar-refractivity contribution in [2.24, 2.45) is 0 Å². The van der Waals surface area contributed by atoms with Crippen LogP contribution in [0.1, 0.15) is 42.5 Å². The molecule has 0 saturated carbocycles. The first-order valence-corrected chi connectivity index (χ1v) is 12.6. The van der Waals surface area contributed by atoms with Gasteiger partial charge in [0.05, 0.1) is 11.9 Å². The summed E-state index contributed by atoms with van der Waals surface area (Å²) in [6.45, 7) is 5.86. The summed E-state index contributed by atoms with van der Waals surface area (Å²) in [6, 6.07) is 24.8. The Kier molecular flexibility index (Phi) is 8.17. The molecule has 0 fully saturated rings. The predicted molar refractivity (Wildman–Crippen MR) is 142 cm³/mol. The first kappa shape index (κ1) is 25.2. The Morgan fingerprint density at radius 2 is 1.75 bits per heavy atom. The quantitative estimate of drug-likeness (QED) is 0.226. The van der Waals surface area contributed by atoms with E-state index in [1.165, 1.54) is 18.7 Å². The minimum absolute atomic E-state index is 0.0528. The van der Waals surface area contributed by atoms with Gasteiger partial charge in [-0.3, -0.25) is 14.2 Å². The second-order valence-corrected chi connectivity index (χ2v) is 9.52. The molecule has 1 aromatic heterocycles. The molecule has 1 N–H and O–H groups in total. The number of carbonyl (C=O) groups excluding carboxylic acids is 2. The van der Waals surface area contributed by atoms with Gasteiger partial charge in [0.1, 0.15) is 11.6 Å². The maximum atomic E-state index is 13.0. The zero-order chi connectivity index (χ0) is 25.5. The summed E-state index contributed by atoms with van der Waals surface area (Å²) in [5.74, 6) is 1.32. The Morgan fingerprint density at radius 3 is 2.44 bits per heavy atom. The fraction of sp³-hybridized carbons (Fsp3) is 0.214. The van der Waals surface area contributed by atoms with Crippen LogP contribution in [0.4, 0.5) is 5.69 Å². The molecule has 4 rings (SSSR count). The average Bonchev–Trinajstić information content (AvgIpc) is 3.27. The van der Waals surface area contributed by atoms with Gasteiger partial charge < -0.3 is 10.1 Å². The number of ether oxygens (including phenoxy) is 1. The van der Waals surface area contributed by atoms with Crippen LogP contribution in [0.15, 0.2) is 84.0 Å². The number of thioether (sulfide) groups is 1. The van der Waals surface area contributed by atoms with Gasteiger partial charge in [-0.25, -0.2) is 0 Å². The molecule has 0 spiro atoms. The molecule has 3 aromatic carbocycles. The van der Waals surface area contributed by atoms with Gasteiger partial charge in [-0.2, -0.15) is 0 Å². The smallest absolute Gasteiger partial charge is 0.237 e. The predicted octanol–water partition coefficient (Wildman–Crippen LogP) is 5.58. The van der Waals surface area contributed by atoms with E-state index in [1.54, 1.807) is 24.3 Å². The van der Waals surface area contributed by atoms with E-state index in [-0.39, 0.29) is 11.7 Å². The highest BCUT2D eigenvalue weighted by Gasteiger charge is 2.22. The first-order chi connectivity index (χ1) is 17.4. The van der Waals surface area contributed by atoms with E-state index >= 15 is 0 Å². The highest BCUT2D eigenvalue weighted by atomic mass is 32.2. The Labute approximate surface area is 214 Å². The second kappa shape index (κ2) is 11.7. The number of nitrogens with one attached hydrogen (secondary N) is 1. The van der Waals surface area contributed by atoms with Crippen molar-refractivity contribution in [2.45, 2.75) is 37.6 Å². The largest absolute Gasteiger partial charge is 0.494 e. The van der Waals surface area contributed by atoms with Gasteiger partial charge >= 0.3 is 0 Å². The molecule has 1 heterocycles. The number of nitrogens with zero attached hydrogens (tertiary/aromatic N) is 3. The number of hydrogen-bond acceptors (Lipinski definition) is 6. The van der Waals surface area contributed by atoms with E-state index in [0.717, 1.165) is 22.8 Å². The number of rotatable bonds is 10. The Bertz CT molecular complexity index is 1340. The van der Waals surface area contributed by atoms with Crippen molar-refractivity contribution in [3.8, 4) is 11.4 Å². The van der Waals surface area contributed by atoms with Gasteiger partial charge in [0.25, 0.3) is 0 Å². The lowest BCUT2D eigenvalue weighted by atomic mass is 10.1. The number of benzene rings is 3. The summed E-state index contributed by atoms with van der Waals surface area (Å²) in [5.41, 5.74) is 3.13. The molecule has 0 radical (unpaired) electrons.